The molecule has 3 heteroatoms. The molecule has 96 valence electrons. The maximum absolute atomic E-state index is 9.58. The maximum Gasteiger partial charge on any atom is 0.147 e. The fourth-order valence-corrected chi connectivity index (χ4v) is 2.37. The van der Waals surface area contributed by atoms with Crippen LogP contribution in [0.25, 0.3) is 10.9 Å². The third-order valence-electron chi connectivity index (χ3n) is 3.24. The minimum absolute atomic E-state index is 0.246. The third-order valence-corrected chi connectivity index (χ3v) is 3.24. The van der Waals surface area contributed by atoms with Crippen molar-refractivity contribution in [3.05, 3.63) is 59.8 Å². The lowest BCUT2D eigenvalue weighted by atomic mass is 10.1. The normalized spacial score (nSPS) is 10.8. The summed E-state index contributed by atoms with van der Waals surface area (Å²) in [6.07, 6.45) is 0.777. The molecule has 0 aliphatic carbocycles. The van der Waals surface area contributed by atoms with Gasteiger partial charge in [0.2, 0.25) is 0 Å². The van der Waals surface area contributed by atoms with E-state index < -0.39 is 0 Å². The topological polar surface area (TPSA) is 45.2 Å². The van der Waals surface area contributed by atoms with Gasteiger partial charge in [0.1, 0.15) is 11.5 Å². The third kappa shape index (κ3) is 2.15. The second kappa shape index (κ2) is 4.69. The highest BCUT2D eigenvalue weighted by Crippen LogP contribution is 2.33. The van der Waals surface area contributed by atoms with Gasteiger partial charge in [0, 0.05) is 17.3 Å². The molecule has 2 aromatic carbocycles. The Balaban J connectivity index is 2.08. The predicted octanol–water partition coefficient (Wildman–Crippen LogP) is 3.47. The number of benzene rings is 2. The Kier molecular flexibility index (Phi) is 2.88. The summed E-state index contributed by atoms with van der Waals surface area (Å²) >= 11 is 0. The van der Waals surface area contributed by atoms with E-state index in [4.69, 9.17) is 4.74 Å². The van der Waals surface area contributed by atoms with Crippen LogP contribution in [0.2, 0.25) is 0 Å². The second-order valence-electron chi connectivity index (χ2n) is 4.53. The van der Waals surface area contributed by atoms with E-state index >= 15 is 0 Å². The molecule has 0 spiro atoms. The number of aromatic hydroxyl groups is 1. The molecule has 1 heterocycles. The standard InChI is InChI=1S/C16H15NO2/c1-19-16-13-10-12(18)7-8-14(13)17-15(16)9-11-5-3-2-4-6-11/h2-8,10,17-18H,9H2,1H3. The molecule has 0 saturated carbocycles. The van der Waals surface area contributed by atoms with E-state index in [0.717, 1.165) is 28.8 Å². The van der Waals surface area contributed by atoms with Crippen molar-refractivity contribution in [3.63, 3.8) is 0 Å². The van der Waals surface area contributed by atoms with E-state index in [1.807, 2.05) is 24.3 Å². The minimum Gasteiger partial charge on any atom is -0.508 e. The molecular weight excluding hydrogens is 238 g/mol. The van der Waals surface area contributed by atoms with Gasteiger partial charge in [-0.1, -0.05) is 30.3 Å². The number of nitrogens with one attached hydrogen (secondary N) is 1. The maximum atomic E-state index is 9.58. The van der Waals surface area contributed by atoms with Gasteiger partial charge in [-0.3, -0.25) is 0 Å². The summed E-state index contributed by atoms with van der Waals surface area (Å²) in [4.78, 5) is 3.35. The van der Waals surface area contributed by atoms with Crippen molar-refractivity contribution in [2.75, 3.05) is 7.11 Å². The number of hydrogen-bond acceptors (Lipinski definition) is 2. The molecule has 3 aromatic rings. The fourth-order valence-electron chi connectivity index (χ4n) is 2.37. The number of methoxy groups -OCH3 is 1. The van der Waals surface area contributed by atoms with Crippen molar-refractivity contribution in [2.24, 2.45) is 0 Å². The van der Waals surface area contributed by atoms with Crippen molar-refractivity contribution >= 4 is 10.9 Å². The number of aromatic nitrogens is 1. The average molecular weight is 253 g/mol. The first-order valence-corrected chi connectivity index (χ1v) is 6.19. The Hall–Kier alpha value is -2.42. The van der Waals surface area contributed by atoms with Gasteiger partial charge in [-0.15, -0.1) is 0 Å². The highest BCUT2D eigenvalue weighted by Gasteiger charge is 2.12. The zero-order valence-electron chi connectivity index (χ0n) is 10.7. The molecule has 3 rings (SSSR count). The van der Waals surface area contributed by atoms with Gasteiger partial charge in [0.15, 0.2) is 0 Å². The van der Waals surface area contributed by atoms with Crippen LogP contribution >= 0.6 is 0 Å². The van der Waals surface area contributed by atoms with Crippen molar-refractivity contribution in [2.45, 2.75) is 6.42 Å². The number of ether oxygens (including phenoxy) is 1. The smallest absolute Gasteiger partial charge is 0.147 e. The predicted molar refractivity (Wildman–Crippen MR) is 75.8 cm³/mol. The highest BCUT2D eigenvalue weighted by molar-refractivity contribution is 5.89. The van der Waals surface area contributed by atoms with E-state index in [0.29, 0.717) is 0 Å². The highest BCUT2D eigenvalue weighted by atomic mass is 16.5. The van der Waals surface area contributed by atoms with Crippen LogP contribution in [0.4, 0.5) is 0 Å². The summed E-state index contributed by atoms with van der Waals surface area (Å²) in [7, 11) is 1.65. The molecule has 3 nitrogen and oxygen atoms in total. The van der Waals surface area contributed by atoms with Gasteiger partial charge in [0.25, 0.3) is 0 Å². The minimum atomic E-state index is 0.246. The van der Waals surface area contributed by atoms with Crippen LogP contribution in [0.15, 0.2) is 48.5 Å². The van der Waals surface area contributed by atoms with Crippen molar-refractivity contribution in [1.82, 2.24) is 4.98 Å². The molecule has 0 radical (unpaired) electrons. The van der Waals surface area contributed by atoms with E-state index in [1.165, 1.54) is 5.56 Å². The van der Waals surface area contributed by atoms with E-state index in [-0.39, 0.29) is 5.75 Å². The molecular formula is C16H15NO2. The summed E-state index contributed by atoms with van der Waals surface area (Å²) in [6, 6.07) is 15.5. The molecule has 0 atom stereocenters. The summed E-state index contributed by atoms with van der Waals surface area (Å²) < 4.78 is 5.48. The van der Waals surface area contributed by atoms with Gasteiger partial charge in [0.05, 0.1) is 12.8 Å². The molecule has 0 saturated heterocycles. The first-order valence-electron chi connectivity index (χ1n) is 6.19. The average Bonchev–Trinajstić information content (AvgIpc) is 2.76. The van der Waals surface area contributed by atoms with Gasteiger partial charge in [-0.05, 0) is 23.8 Å². The van der Waals surface area contributed by atoms with Gasteiger partial charge in [-0.25, -0.2) is 0 Å². The Labute approximate surface area is 111 Å². The van der Waals surface area contributed by atoms with Crippen LogP contribution in [0.5, 0.6) is 11.5 Å². The Morgan fingerprint density at radius 1 is 1.11 bits per heavy atom. The molecule has 19 heavy (non-hydrogen) atoms. The van der Waals surface area contributed by atoms with E-state index in [9.17, 15) is 5.11 Å². The van der Waals surface area contributed by atoms with Gasteiger partial charge < -0.3 is 14.8 Å². The summed E-state index contributed by atoms with van der Waals surface area (Å²) in [5, 5.41) is 10.5. The second-order valence-corrected chi connectivity index (χ2v) is 4.53. The largest absolute Gasteiger partial charge is 0.508 e. The molecule has 1 aromatic heterocycles. The lowest BCUT2D eigenvalue weighted by molar-refractivity contribution is 0.415. The van der Waals surface area contributed by atoms with E-state index in [2.05, 4.69) is 17.1 Å². The number of fused-ring (bicyclic) bond motifs is 1. The monoisotopic (exact) mass is 253 g/mol. The lowest BCUT2D eigenvalue weighted by Crippen LogP contribution is -1.92. The fraction of sp³-hybridized carbons (Fsp3) is 0.125. The Morgan fingerprint density at radius 3 is 2.63 bits per heavy atom. The van der Waals surface area contributed by atoms with Crippen molar-refractivity contribution < 1.29 is 9.84 Å². The number of aromatic amines is 1. The Bertz CT molecular complexity index is 701. The molecule has 0 unspecified atom stereocenters. The SMILES string of the molecule is COc1c(Cc2ccccc2)[nH]c2ccc(O)cc12. The zero-order valence-corrected chi connectivity index (χ0v) is 10.7. The van der Waals surface area contributed by atoms with Crippen LogP contribution in [0.3, 0.4) is 0 Å². The number of phenolic OH excluding ortho intramolecular Hbond substituents is 1. The first kappa shape index (κ1) is 11.7. The summed E-state index contributed by atoms with van der Waals surface area (Å²) in [6.45, 7) is 0. The number of H-pyrrole nitrogens is 1. The number of hydrogen-bond donors (Lipinski definition) is 2. The van der Waals surface area contributed by atoms with Crippen LogP contribution in [-0.4, -0.2) is 17.2 Å². The molecule has 0 bridgehead atoms. The Morgan fingerprint density at radius 2 is 1.89 bits per heavy atom. The summed E-state index contributed by atoms with van der Waals surface area (Å²) in [5.41, 5.74) is 3.21. The van der Waals surface area contributed by atoms with Crippen LogP contribution in [0, 0.1) is 0 Å². The quantitative estimate of drug-likeness (QED) is 0.750. The van der Waals surface area contributed by atoms with Gasteiger partial charge >= 0.3 is 0 Å². The molecule has 2 N–H and O–H groups in total. The molecule has 0 aliphatic heterocycles. The lowest BCUT2D eigenvalue weighted by Gasteiger charge is -2.03. The van der Waals surface area contributed by atoms with E-state index in [1.54, 1.807) is 19.2 Å². The molecule has 0 aliphatic rings. The van der Waals surface area contributed by atoms with Crippen molar-refractivity contribution in [3.8, 4) is 11.5 Å². The molecule has 0 amide bonds. The van der Waals surface area contributed by atoms with Crippen LogP contribution in [-0.2, 0) is 6.42 Å². The zero-order chi connectivity index (χ0) is 13.2. The van der Waals surface area contributed by atoms with Crippen LogP contribution < -0.4 is 4.74 Å². The van der Waals surface area contributed by atoms with Gasteiger partial charge in [-0.2, -0.15) is 0 Å². The summed E-state index contributed by atoms with van der Waals surface area (Å²) in [5.74, 6) is 1.05. The van der Waals surface area contributed by atoms with Crippen LogP contribution in [0.1, 0.15) is 11.3 Å². The number of rotatable bonds is 3. The number of phenols is 1. The first-order chi connectivity index (χ1) is 9.28. The van der Waals surface area contributed by atoms with Crippen molar-refractivity contribution in [1.29, 1.82) is 0 Å². The molecule has 0 fully saturated rings.